The number of carbonyl (C=O) groups is 1. The summed E-state index contributed by atoms with van der Waals surface area (Å²) >= 11 is 0. The van der Waals surface area contributed by atoms with E-state index in [2.05, 4.69) is 12.2 Å². The molecule has 0 fully saturated rings. The number of nitrogens with one attached hydrogen (secondary N) is 1. The number of benzene rings is 1. The van der Waals surface area contributed by atoms with Crippen LogP contribution in [0, 0.1) is 0 Å². The van der Waals surface area contributed by atoms with Crippen LogP contribution in [-0.2, 0) is 11.4 Å². The van der Waals surface area contributed by atoms with Gasteiger partial charge in [-0.05, 0) is 30.7 Å². The maximum atomic E-state index is 11.9. The highest BCUT2D eigenvalue weighted by molar-refractivity contribution is 5.91. The minimum atomic E-state index is -0.145. The Balaban J connectivity index is 2.11. The highest BCUT2D eigenvalue weighted by atomic mass is 16.5. The summed E-state index contributed by atoms with van der Waals surface area (Å²) < 4.78 is 10.9. The molecule has 0 aliphatic rings. The van der Waals surface area contributed by atoms with Gasteiger partial charge in [0.05, 0.1) is 12.7 Å². The first-order valence-corrected chi connectivity index (χ1v) is 7.85. The first kappa shape index (κ1) is 17.1. The zero-order valence-electron chi connectivity index (χ0n) is 13.6. The van der Waals surface area contributed by atoms with Crippen molar-refractivity contribution in [1.82, 2.24) is 0 Å². The molecule has 0 aliphatic carbocycles. The summed E-state index contributed by atoms with van der Waals surface area (Å²) in [5, 5.41) is 12.0. The summed E-state index contributed by atoms with van der Waals surface area (Å²) in [5.41, 5.74) is 1.47. The molecule has 124 valence electrons. The fraction of sp³-hybridized carbons (Fsp3) is 0.389. The monoisotopic (exact) mass is 317 g/mol. The number of hydrogen-bond donors (Lipinski definition) is 2. The molecule has 0 radical (unpaired) electrons. The zero-order valence-corrected chi connectivity index (χ0v) is 13.6. The third kappa shape index (κ3) is 4.60. The third-order valence-electron chi connectivity index (χ3n) is 3.58. The van der Waals surface area contributed by atoms with Crippen LogP contribution < -0.4 is 10.1 Å². The van der Waals surface area contributed by atoms with E-state index >= 15 is 0 Å². The van der Waals surface area contributed by atoms with E-state index in [1.54, 1.807) is 25.3 Å². The van der Waals surface area contributed by atoms with Gasteiger partial charge in [-0.1, -0.05) is 19.8 Å². The quantitative estimate of drug-likeness (QED) is 0.723. The summed E-state index contributed by atoms with van der Waals surface area (Å²) in [4.78, 5) is 11.9. The van der Waals surface area contributed by atoms with Crippen LogP contribution in [-0.4, -0.2) is 18.1 Å². The standard InChI is InChI=1S/C18H23NO4/c1-3-4-5-6-18(21)19-13-7-9-15(17(11-13)22-2)16-10-8-14(12-20)23-16/h7-11,20H,3-6,12H2,1-2H3,(H,19,21). The maximum Gasteiger partial charge on any atom is 0.224 e. The van der Waals surface area contributed by atoms with Crippen LogP contribution in [0.25, 0.3) is 11.3 Å². The fourth-order valence-electron chi connectivity index (χ4n) is 2.34. The molecule has 1 aromatic carbocycles. The molecule has 0 bridgehead atoms. The smallest absolute Gasteiger partial charge is 0.224 e. The second kappa shape index (κ2) is 8.39. The number of aliphatic hydroxyl groups is 1. The minimum Gasteiger partial charge on any atom is -0.496 e. The van der Waals surface area contributed by atoms with E-state index in [4.69, 9.17) is 14.3 Å². The van der Waals surface area contributed by atoms with E-state index < -0.39 is 0 Å². The van der Waals surface area contributed by atoms with Crippen LogP contribution in [0.3, 0.4) is 0 Å². The first-order chi connectivity index (χ1) is 11.2. The Morgan fingerprint density at radius 1 is 1.26 bits per heavy atom. The van der Waals surface area contributed by atoms with Crippen LogP contribution in [0.5, 0.6) is 5.75 Å². The van der Waals surface area contributed by atoms with Gasteiger partial charge >= 0.3 is 0 Å². The summed E-state index contributed by atoms with van der Waals surface area (Å²) in [6, 6.07) is 8.93. The first-order valence-electron chi connectivity index (χ1n) is 7.85. The van der Waals surface area contributed by atoms with Gasteiger partial charge in [0.25, 0.3) is 0 Å². The Hall–Kier alpha value is -2.27. The number of carbonyl (C=O) groups excluding carboxylic acids is 1. The number of hydrogen-bond acceptors (Lipinski definition) is 4. The normalized spacial score (nSPS) is 10.6. The van der Waals surface area contributed by atoms with Crippen LogP contribution >= 0.6 is 0 Å². The summed E-state index contributed by atoms with van der Waals surface area (Å²) in [6.45, 7) is 1.96. The number of rotatable bonds is 8. The van der Waals surface area contributed by atoms with E-state index in [1.165, 1.54) is 0 Å². The van der Waals surface area contributed by atoms with Crippen molar-refractivity contribution in [2.24, 2.45) is 0 Å². The lowest BCUT2D eigenvalue weighted by molar-refractivity contribution is -0.116. The van der Waals surface area contributed by atoms with Crippen molar-refractivity contribution < 1.29 is 19.1 Å². The highest BCUT2D eigenvalue weighted by Crippen LogP contribution is 2.33. The number of unbranched alkanes of at least 4 members (excludes halogenated alkanes) is 2. The van der Waals surface area contributed by atoms with E-state index in [1.807, 2.05) is 12.1 Å². The Morgan fingerprint density at radius 2 is 2.09 bits per heavy atom. The molecule has 5 heteroatoms. The van der Waals surface area contributed by atoms with Crippen molar-refractivity contribution in [3.8, 4) is 17.1 Å². The average Bonchev–Trinajstić information content (AvgIpc) is 3.04. The molecule has 0 saturated carbocycles. The Labute approximate surface area is 136 Å². The van der Waals surface area contributed by atoms with Gasteiger partial charge in [0.2, 0.25) is 5.91 Å². The van der Waals surface area contributed by atoms with E-state index in [0.717, 1.165) is 24.8 Å². The molecule has 1 amide bonds. The maximum absolute atomic E-state index is 11.9. The number of aliphatic hydroxyl groups excluding tert-OH is 1. The van der Waals surface area contributed by atoms with Gasteiger partial charge in [0.15, 0.2) is 0 Å². The van der Waals surface area contributed by atoms with Gasteiger partial charge in [0, 0.05) is 18.2 Å². The molecule has 23 heavy (non-hydrogen) atoms. The predicted molar refractivity (Wildman–Crippen MR) is 89.4 cm³/mol. The molecule has 0 spiro atoms. The molecule has 1 heterocycles. The van der Waals surface area contributed by atoms with Crippen molar-refractivity contribution in [3.05, 3.63) is 36.1 Å². The number of methoxy groups -OCH3 is 1. The molecule has 2 N–H and O–H groups in total. The Morgan fingerprint density at radius 3 is 2.74 bits per heavy atom. The molecule has 1 aromatic heterocycles. The largest absolute Gasteiger partial charge is 0.496 e. The molecule has 2 rings (SSSR count). The molecule has 2 aromatic rings. The van der Waals surface area contributed by atoms with Crippen molar-refractivity contribution in [2.45, 2.75) is 39.2 Å². The second-order valence-electron chi connectivity index (χ2n) is 5.34. The topological polar surface area (TPSA) is 71.7 Å². The van der Waals surface area contributed by atoms with Crippen molar-refractivity contribution in [3.63, 3.8) is 0 Å². The number of ether oxygens (including phenoxy) is 1. The summed E-state index contributed by atoms with van der Waals surface area (Å²) in [5.74, 6) is 1.73. The fourth-order valence-corrected chi connectivity index (χ4v) is 2.34. The van der Waals surface area contributed by atoms with Crippen LogP contribution in [0.4, 0.5) is 5.69 Å². The molecule has 0 unspecified atom stereocenters. The van der Waals surface area contributed by atoms with E-state index in [9.17, 15) is 4.79 Å². The minimum absolute atomic E-state index is 0.00817. The van der Waals surface area contributed by atoms with Crippen molar-refractivity contribution in [2.75, 3.05) is 12.4 Å². The highest BCUT2D eigenvalue weighted by Gasteiger charge is 2.12. The molecule has 0 aliphatic heterocycles. The van der Waals surface area contributed by atoms with Gasteiger partial charge in [0.1, 0.15) is 23.9 Å². The van der Waals surface area contributed by atoms with E-state index in [0.29, 0.717) is 29.4 Å². The van der Waals surface area contributed by atoms with Gasteiger partial charge in [-0.15, -0.1) is 0 Å². The van der Waals surface area contributed by atoms with Crippen LogP contribution in [0.15, 0.2) is 34.7 Å². The van der Waals surface area contributed by atoms with Gasteiger partial charge in [-0.2, -0.15) is 0 Å². The van der Waals surface area contributed by atoms with Gasteiger partial charge < -0.3 is 19.6 Å². The summed E-state index contributed by atoms with van der Waals surface area (Å²) in [7, 11) is 1.57. The van der Waals surface area contributed by atoms with Crippen molar-refractivity contribution >= 4 is 11.6 Å². The molecular formula is C18H23NO4. The second-order valence-corrected chi connectivity index (χ2v) is 5.34. The molecular weight excluding hydrogens is 294 g/mol. The van der Waals surface area contributed by atoms with E-state index in [-0.39, 0.29) is 12.5 Å². The molecule has 5 nitrogen and oxygen atoms in total. The summed E-state index contributed by atoms with van der Waals surface area (Å²) in [6.07, 6.45) is 3.57. The average molecular weight is 317 g/mol. The predicted octanol–water partition coefficient (Wildman–Crippen LogP) is 3.97. The van der Waals surface area contributed by atoms with Crippen LogP contribution in [0.2, 0.25) is 0 Å². The van der Waals surface area contributed by atoms with Crippen molar-refractivity contribution in [1.29, 1.82) is 0 Å². The Kier molecular flexibility index (Phi) is 6.23. The van der Waals surface area contributed by atoms with Gasteiger partial charge in [-0.3, -0.25) is 4.79 Å². The van der Waals surface area contributed by atoms with Gasteiger partial charge in [-0.25, -0.2) is 0 Å². The number of furan rings is 1. The molecule has 0 atom stereocenters. The lowest BCUT2D eigenvalue weighted by Gasteiger charge is -2.10. The molecule has 0 saturated heterocycles. The lowest BCUT2D eigenvalue weighted by Crippen LogP contribution is -2.11. The van der Waals surface area contributed by atoms with Crippen LogP contribution in [0.1, 0.15) is 38.4 Å². The Bertz CT molecular complexity index is 648. The SMILES string of the molecule is CCCCCC(=O)Nc1ccc(-c2ccc(CO)o2)c(OC)c1. The number of amides is 1. The lowest BCUT2D eigenvalue weighted by atomic mass is 10.1. The number of anilines is 1. The zero-order chi connectivity index (χ0) is 16.7. The third-order valence-corrected chi connectivity index (χ3v) is 3.58.